The summed E-state index contributed by atoms with van der Waals surface area (Å²) in [4.78, 5) is 39.8. The molecular weight excluding hydrogens is 820 g/mol. The third-order valence-corrected chi connectivity index (χ3v) is 12.5. The molecule has 1 N–H and O–H groups in total. The number of amides is 1. The quantitative estimate of drug-likeness (QED) is 0.0158. The molecule has 5 aromatic rings. The Hall–Kier alpha value is -5.13. The van der Waals surface area contributed by atoms with Gasteiger partial charge in [-0.3, -0.25) is 18.9 Å². The van der Waals surface area contributed by atoms with Crippen molar-refractivity contribution in [2.24, 2.45) is 0 Å². The van der Waals surface area contributed by atoms with E-state index in [0.29, 0.717) is 41.1 Å². The topological polar surface area (TPSA) is 147 Å². The molecule has 0 fully saturated rings. The molecule has 0 saturated carbocycles. The lowest BCUT2D eigenvalue weighted by Crippen LogP contribution is -2.40. The Kier molecular flexibility index (Phi) is 14.7. The number of pyridine rings is 1. The summed E-state index contributed by atoms with van der Waals surface area (Å²) in [5, 5.41) is 0.810. The molecular formula is C42H42F5N2O8S2+. The molecule has 1 heterocycles. The standard InChI is InChI=1S/C42H41F5N2O8S2/c1-27-19-21-30(22-20-27)59(56,57)49(24-10-14-28(50)12-4-2-3-5-13-29(51)26-33-37(43)39(45)41(47)40(46)38(33)44)42(52)36-31-15-6-8-17-34(31)48(23-11-25-58(53,54)55)35-18-9-7-16-32(35)36/h6-9,15-22H,2-5,10-14,23-26H2,1H3/p+1. The third-order valence-electron chi connectivity index (χ3n) is 9.91. The summed E-state index contributed by atoms with van der Waals surface area (Å²) < 4.78 is 131. The van der Waals surface area contributed by atoms with Crippen LogP contribution in [0.3, 0.4) is 0 Å². The van der Waals surface area contributed by atoms with Crippen LogP contribution in [0.2, 0.25) is 0 Å². The Bertz CT molecular complexity index is 2540. The summed E-state index contributed by atoms with van der Waals surface area (Å²) in [6, 6.07) is 19.6. The summed E-state index contributed by atoms with van der Waals surface area (Å²) in [5.74, 6) is -12.9. The molecule has 1 amide bonds. The molecule has 314 valence electrons. The SMILES string of the molecule is Cc1ccc(S(=O)(=O)N(CCCC(=O)CCCCCCC(=O)Cc2c(F)c(F)c(F)c(F)c2F)C(=O)c2c3ccccc3[n+](CCCS(=O)(=O)O)c3ccccc23)cc1. The van der Waals surface area contributed by atoms with Crippen LogP contribution in [0.1, 0.15) is 79.3 Å². The second kappa shape index (κ2) is 19.3. The first-order chi connectivity index (χ1) is 27.9. The van der Waals surface area contributed by atoms with Crippen molar-refractivity contribution >= 4 is 59.4 Å². The Morgan fingerprint density at radius 3 is 1.66 bits per heavy atom. The predicted octanol–water partition coefficient (Wildman–Crippen LogP) is 7.90. The molecule has 0 aliphatic heterocycles. The highest BCUT2D eigenvalue weighted by atomic mass is 32.2. The summed E-state index contributed by atoms with van der Waals surface area (Å²) in [6.07, 6.45) is 0.561. The Morgan fingerprint density at radius 2 is 1.12 bits per heavy atom. The number of carbonyl (C=O) groups is 3. The number of aryl methyl sites for hydroxylation is 2. The van der Waals surface area contributed by atoms with Crippen molar-refractivity contribution in [3.8, 4) is 0 Å². The van der Waals surface area contributed by atoms with Gasteiger partial charge >= 0.3 is 0 Å². The minimum atomic E-state index is -4.46. The lowest BCUT2D eigenvalue weighted by atomic mass is 10.0. The first-order valence-corrected chi connectivity index (χ1v) is 21.9. The van der Waals surface area contributed by atoms with Crippen LogP contribution >= 0.6 is 0 Å². The molecule has 10 nitrogen and oxygen atoms in total. The molecule has 0 bridgehead atoms. The largest absolute Gasteiger partial charge is 0.300 e. The van der Waals surface area contributed by atoms with Crippen molar-refractivity contribution in [2.45, 2.75) is 82.6 Å². The molecule has 0 radical (unpaired) electrons. The summed E-state index contributed by atoms with van der Waals surface area (Å²) >= 11 is 0. The fraction of sp³-hybridized carbons (Fsp3) is 0.333. The van der Waals surface area contributed by atoms with Gasteiger partial charge in [-0.25, -0.2) is 34.7 Å². The number of aromatic nitrogens is 1. The summed E-state index contributed by atoms with van der Waals surface area (Å²) in [6.45, 7) is 1.61. The second-order valence-corrected chi connectivity index (χ2v) is 17.7. The number of rotatable bonds is 20. The monoisotopic (exact) mass is 861 g/mol. The van der Waals surface area contributed by atoms with Gasteiger partial charge in [0.15, 0.2) is 29.8 Å². The van der Waals surface area contributed by atoms with Crippen molar-refractivity contribution in [3.05, 3.63) is 119 Å². The van der Waals surface area contributed by atoms with E-state index in [-0.39, 0.29) is 67.9 Å². The Labute approximate surface area is 338 Å². The maximum Gasteiger partial charge on any atom is 0.269 e. The first kappa shape index (κ1) is 45.0. The Balaban J connectivity index is 1.27. The zero-order valence-corrected chi connectivity index (χ0v) is 33.7. The van der Waals surface area contributed by atoms with Crippen LogP contribution in [-0.4, -0.2) is 55.5 Å². The van der Waals surface area contributed by atoms with Gasteiger partial charge in [-0.2, -0.15) is 13.0 Å². The fourth-order valence-electron chi connectivity index (χ4n) is 6.92. The number of para-hydroxylation sites is 2. The van der Waals surface area contributed by atoms with Gasteiger partial charge in [-0.1, -0.05) is 54.8 Å². The van der Waals surface area contributed by atoms with Crippen LogP contribution in [0, 0.1) is 36.0 Å². The van der Waals surface area contributed by atoms with E-state index < -0.39 is 78.7 Å². The van der Waals surface area contributed by atoms with E-state index in [2.05, 4.69) is 0 Å². The van der Waals surface area contributed by atoms with E-state index in [4.69, 9.17) is 0 Å². The molecule has 17 heteroatoms. The number of ketones is 2. The van der Waals surface area contributed by atoms with Gasteiger partial charge < -0.3 is 0 Å². The maximum absolute atomic E-state index is 14.7. The number of carbonyl (C=O) groups excluding carboxylic acids is 3. The van der Waals surface area contributed by atoms with E-state index in [9.17, 15) is 57.7 Å². The normalized spacial score (nSPS) is 12.0. The first-order valence-electron chi connectivity index (χ1n) is 18.9. The smallest absolute Gasteiger partial charge is 0.269 e. The Morgan fingerprint density at radius 1 is 0.627 bits per heavy atom. The molecule has 0 atom stereocenters. The number of halogens is 5. The van der Waals surface area contributed by atoms with Gasteiger partial charge in [0.25, 0.3) is 26.0 Å². The third kappa shape index (κ3) is 10.7. The van der Waals surface area contributed by atoms with E-state index in [1.807, 2.05) is 4.57 Å². The van der Waals surface area contributed by atoms with Gasteiger partial charge in [0, 0.05) is 56.3 Å². The van der Waals surface area contributed by atoms with Crippen LogP contribution < -0.4 is 4.57 Å². The van der Waals surface area contributed by atoms with Crippen LogP contribution in [0.4, 0.5) is 22.0 Å². The molecule has 4 aromatic carbocycles. The number of benzene rings is 4. The van der Waals surface area contributed by atoms with E-state index in [1.54, 1.807) is 67.6 Å². The van der Waals surface area contributed by atoms with Crippen LogP contribution in [0.25, 0.3) is 21.8 Å². The van der Waals surface area contributed by atoms with E-state index >= 15 is 0 Å². The van der Waals surface area contributed by atoms with E-state index in [1.165, 1.54) is 12.1 Å². The van der Waals surface area contributed by atoms with Crippen molar-refractivity contribution in [1.29, 1.82) is 0 Å². The number of Topliss-reactive ketones (excluding diaryl/α,β-unsaturated/α-hetero) is 2. The van der Waals surface area contributed by atoms with E-state index in [0.717, 1.165) is 9.87 Å². The van der Waals surface area contributed by atoms with Crippen LogP contribution in [-0.2, 0) is 42.7 Å². The number of nitrogens with zero attached hydrogens (tertiary/aromatic N) is 2. The molecule has 0 saturated heterocycles. The zero-order valence-electron chi connectivity index (χ0n) is 32.0. The van der Waals surface area contributed by atoms with Crippen LogP contribution in [0.5, 0.6) is 0 Å². The fourth-order valence-corrected chi connectivity index (χ4v) is 8.83. The van der Waals surface area contributed by atoms with Gasteiger partial charge in [0.05, 0.1) is 27.0 Å². The lowest BCUT2D eigenvalue weighted by Gasteiger charge is -2.24. The highest BCUT2D eigenvalue weighted by molar-refractivity contribution is 7.89. The molecule has 0 spiro atoms. The zero-order chi connectivity index (χ0) is 43.1. The molecule has 5 rings (SSSR count). The van der Waals surface area contributed by atoms with Crippen LogP contribution in [0.15, 0.2) is 77.7 Å². The number of fused-ring (bicyclic) bond motifs is 2. The highest BCUT2D eigenvalue weighted by Crippen LogP contribution is 2.30. The van der Waals surface area contributed by atoms with Crippen molar-refractivity contribution in [1.82, 2.24) is 4.31 Å². The minimum Gasteiger partial charge on any atom is -0.300 e. The molecule has 1 aromatic heterocycles. The number of sulfonamides is 1. The van der Waals surface area contributed by atoms with Gasteiger partial charge in [-0.15, -0.1) is 0 Å². The highest BCUT2D eigenvalue weighted by Gasteiger charge is 2.34. The van der Waals surface area contributed by atoms with Gasteiger partial charge in [-0.05, 0) is 50.5 Å². The summed E-state index contributed by atoms with van der Waals surface area (Å²) in [7, 11) is -8.70. The van der Waals surface area contributed by atoms with Gasteiger partial charge in [0.2, 0.25) is 16.9 Å². The van der Waals surface area contributed by atoms with Crippen molar-refractivity contribution in [3.63, 3.8) is 0 Å². The number of hydrogen-bond acceptors (Lipinski definition) is 7. The number of hydrogen-bond donors (Lipinski definition) is 1. The maximum atomic E-state index is 14.7. The van der Waals surface area contributed by atoms with Gasteiger partial charge in [0.1, 0.15) is 11.6 Å². The lowest BCUT2D eigenvalue weighted by molar-refractivity contribution is -0.645. The average Bonchev–Trinajstić information content (AvgIpc) is 3.20. The average molecular weight is 862 g/mol. The minimum absolute atomic E-state index is 0.000191. The molecule has 0 aliphatic carbocycles. The molecule has 59 heavy (non-hydrogen) atoms. The van der Waals surface area contributed by atoms with Crippen molar-refractivity contribution in [2.75, 3.05) is 12.3 Å². The molecule has 0 aliphatic rings. The second-order valence-electron chi connectivity index (χ2n) is 14.2. The predicted molar refractivity (Wildman–Crippen MR) is 209 cm³/mol. The molecule has 0 unspecified atom stereocenters. The summed E-state index contributed by atoms with van der Waals surface area (Å²) in [5.41, 5.74) is 0.753. The van der Waals surface area contributed by atoms with Crippen molar-refractivity contribution < 1.29 is 62.3 Å². The number of unbranched alkanes of at least 4 members (excludes halogenated alkanes) is 3.